The summed E-state index contributed by atoms with van der Waals surface area (Å²) in [6, 6.07) is 1.60. The number of hydrogen-bond donors (Lipinski definition) is 2. The molecule has 0 atom stereocenters. The summed E-state index contributed by atoms with van der Waals surface area (Å²) in [7, 11) is 0. The van der Waals surface area contributed by atoms with E-state index in [4.69, 9.17) is 4.52 Å². The number of amides is 2. The molecule has 0 aliphatic rings. The van der Waals surface area contributed by atoms with Crippen molar-refractivity contribution in [2.24, 2.45) is 11.3 Å². The molecule has 0 aromatic carbocycles. The summed E-state index contributed by atoms with van der Waals surface area (Å²) < 4.78 is 4.86. The molecule has 1 heterocycles. The molecule has 1 aromatic heterocycles. The van der Waals surface area contributed by atoms with E-state index in [1.807, 2.05) is 0 Å². The Kier molecular flexibility index (Phi) is 5.30. The van der Waals surface area contributed by atoms with Gasteiger partial charge in [-0.05, 0) is 33.1 Å². The molecule has 0 saturated carbocycles. The van der Waals surface area contributed by atoms with E-state index in [2.05, 4.69) is 29.6 Å². The van der Waals surface area contributed by atoms with Crippen molar-refractivity contribution < 1.29 is 14.1 Å². The number of rotatable bonds is 6. The van der Waals surface area contributed by atoms with Gasteiger partial charge in [0, 0.05) is 12.6 Å². The first kappa shape index (κ1) is 16.2. The Balaban J connectivity index is 2.57. The molecule has 0 fully saturated rings. The highest BCUT2D eigenvalue weighted by atomic mass is 16.5. The van der Waals surface area contributed by atoms with Crippen LogP contribution in [0.4, 0.5) is 5.82 Å². The summed E-state index contributed by atoms with van der Waals surface area (Å²) in [5.74, 6) is 0.712. The van der Waals surface area contributed by atoms with Crippen LogP contribution in [0.2, 0.25) is 0 Å². The normalized spacial score (nSPS) is 11.5. The van der Waals surface area contributed by atoms with Gasteiger partial charge in [-0.1, -0.05) is 19.0 Å². The van der Waals surface area contributed by atoms with Gasteiger partial charge in [0.15, 0.2) is 5.82 Å². The average Bonchev–Trinajstić information content (AvgIpc) is 2.73. The van der Waals surface area contributed by atoms with Gasteiger partial charge in [-0.2, -0.15) is 0 Å². The molecule has 0 bridgehead atoms. The van der Waals surface area contributed by atoms with Crippen molar-refractivity contribution >= 4 is 17.6 Å². The molecule has 2 amide bonds. The van der Waals surface area contributed by atoms with Crippen LogP contribution in [0.25, 0.3) is 0 Å². The van der Waals surface area contributed by atoms with Crippen LogP contribution in [-0.2, 0) is 9.59 Å². The maximum absolute atomic E-state index is 12.1. The van der Waals surface area contributed by atoms with E-state index in [0.717, 1.165) is 6.42 Å². The second-order valence-corrected chi connectivity index (χ2v) is 5.84. The zero-order valence-corrected chi connectivity index (χ0v) is 12.7. The number of nitrogens with one attached hydrogen (secondary N) is 2. The van der Waals surface area contributed by atoms with Crippen LogP contribution in [0, 0.1) is 18.3 Å². The summed E-state index contributed by atoms with van der Waals surface area (Å²) in [5, 5.41) is 9.04. The van der Waals surface area contributed by atoms with E-state index in [9.17, 15) is 9.59 Å². The highest BCUT2D eigenvalue weighted by Crippen LogP contribution is 2.19. The van der Waals surface area contributed by atoms with Gasteiger partial charge in [-0.3, -0.25) is 9.59 Å². The fourth-order valence-electron chi connectivity index (χ4n) is 1.50. The molecule has 1 aromatic rings. The van der Waals surface area contributed by atoms with Gasteiger partial charge in [0.25, 0.3) is 0 Å². The molecule has 0 spiro atoms. The third-order valence-electron chi connectivity index (χ3n) is 3.01. The molecule has 6 heteroatoms. The van der Waals surface area contributed by atoms with Crippen LogP contribution in [-0.4, -0.2) is 23.5 Å². The third kappa shape index (κ3) is 4.36. The Morgan fingerprint density at radius 2 is 2.00 bits per heavy atom. The minimum atomic E-state index is -1.16. The predicted octanol–water partition coefficient (Wildman–Crippen LogP) is 2.11. The topological polar surface area (TPSA) is 84.2 Å². The van der Waals surface area contributed by atoms with Crippen molar-refractivity contribution in [3.8, 4) is 0 Å². The minimum Gasteiger partial charge on any atom is -0.360 e. The molecule has 0 aliphatic carbocycles. The summed E-state index contributed by atoms with van der Waals surface area (Å²) >= 11 is 0. The van der Waals surface area contributed by atoms with Crippen LogP contribution in [0.5, 0.6) is 0 Å². The number of hydrogen-bond acceptors (Lipinski definition) is 4. The lowest BCUT2D eigenvalue weighted by Gasteiger charge is -2.22. The van der Waals surface area contributed by atoms with E-state index >= 15 is 0 Å². The van der Waals surface area contributed by atoms with Crippen LogP contribution in [0.15, 0.2) is 10.6 Å². The molecule has 0 radical (unpaired) electrons. The van der Waals surface area contributed by atoms with Crippen LogP contribution in [0.3, 0.4) is 0 Å². The molecular formula is C14H23N3O3. The molecule has 6 nitrogen and oxygen atoms in total. The van der Waals surface area contributed by atoms with Crippen molar-refractivity contribution in [2.45, 2.75) is 41.0 Å². The zero-order valence-electron chi connectivity index (χ0n) is 12.7. The van der Waals surface area contributed by atoms with Crippen molar-refractivity contribution in [3.05, 3.63) is 11.8 Å². The minimum absolute atomic E-state index is 0.295. The second-order valence-electron chi connectivity index (χ2n) is 5.84. The first-order valence-corrected chi connectivity index (χ1v) is 6.76. The molecule has 0 aliphatic heterocycles. The number of aryl methyl sites for hydroxylation is 1. The first-order valence-electron chi connectivity index (χ1n) is 6.76. The van der Waals surface area contributed by atoms with E-state index in [-0.39, 0.29) is 5.91 Å². The molecule has 0 saturated heterocycles. The molecule has 1 rings (SSSR count). The molecular weight excluding hydrogens is 258 g/mol. The number of carbonyl (C=O) groups excluding carboxylic acids is 2. The van der Waals surface area contributed by atoms with E-state index in [1.54, 1.807) is 26.8 Å². The quantitative estimate of drug-likeness (QED) is 0.782. The monoisotopic (exact) mass is 281 g/mol. The number of anilines is 1. The van der Waals surface area contributed by atoms with E-state index < -0.39 is 11.3 Å². The standard InChI is InChI=1S/C14H23N3O3/c1-9(2)6-7-15-12(18)14(4,5)13(19)16-11-8-10(3)20-17-11/h8-9H,6-7H2,1-5H3,(H,15,18)(H,16,17,19). The highest BCUT2D eigenvalue weighted by Gasteiger charge is 2.36. The predicted molar refractivity (Wildman–Crippen MR) is 76.1 cm³/mol. The molecule has 112 valence electrons. The smallest absolute Gasteiger partial charge is 0.240 e. The fraction of sp³-hybridized carbons (Fsp3) is 0.643. The lowest BCUT2D eigenvalue weighted by Crippen LogP contribution is -2.45. The lowest BCUT2D eigenvalue weighted by atomic mass is 9.91. The zero-order chi connectivity index (χ0) is 15.3. The Morgan fingerprint density at radius 3 is 2.50 bits per heavy atom. The Bertz CT molecular complexity index is 478. The molecule has 0 unspecified atom stereocenters. The number of carbonyl (C=O) groups is 2. The van der Waals surface area contributed by atoms with Crippen molar-refractivity contribution in [2.75, 3.05) is 11.9 Å². The maximum Gasteiger partial charge on any atom is 0.240 e. The highest BCUT2D eigenvalue weighted by molar-refractivity contribution is 6.09. The van der Waals surface area contributed by atoms with Gasteiger partial charge in [0.1, 0.15) is 11.2 Å². The lowest BCUT2D eigenvalue weighted by molar-refractivity contribution is -0.138. The molecule has 2 N–H and O–H groups in total. The fourth-order valence-corrected chi connectivity index (χ4v) is 1.50. The molecule has 20 heavy (non-hydrogen) atoms. The largest absolute Gasteiger partial charge is 0.360 e. The van der Waals surface area contributed by atoms with Gasteiger partial charge in [0.05, 0.1) is 0 Å². The van der Waals surface area contributed by atoms with Crippen LogP contribution >= 0.6 is 0 Å². The first-order chi connectivity index (χ1) is 9.23. The summed E-state index contributed by atoms with van der Waals surface area (Å²) in [4.78, 5) is 24.2. The van der Waals surface area contributed by atoms with Gasteiger partial charge in [0.2, 0.25) is 11.8 Å². The van der Waals surface area contributed by atoms with Gasteiger partial charge >= 0.3 is 0 Å². The van der Waals surface area contributed by atoms with Gasteiger partial charge in [-0.15, -0.1) is 0 Å². The third-order valence-corrected chi connectivity index (χ3v) is 3.01. The summed E-state index contributed by atoms with van der Waals surface area (Å²) in [6.45, 7) is 9.62. The van der Waals surface area contributed by atoms with Crippen molar-refractivity contribution in [3.63, 3.8) is 0 Å². The number of nitrogens with zero attached hydrogens (tertiary/aromatic N) is 1. The van der Waals surface area contributed by atoms with E-state index in [1.165, 1.54) is 0 Å². The average molecular weight is 281 g/mol. The van der Waals surface area contributed by atoms with Crippen LogP contribution in [0.1, 0.15) is 39.9 Å². The Morgan fingerprint density at radius 1 is 1.35 bits per heavy atom. The summed E-state index contributed by atoms with van der Waals surface area (Å²) in [6.07, 6.45) is 0.881. The maximum atomic E-state index is 12.1. The summed E-state index contributed by atoms with van der Waals surface area (Å²) in [5.41, 5.74) is -1.16. The van der Waals surface area contributed by atoms with Crippen LogP contribution < -0.4 is 10.6 Å². The van der Waals surface area contributed by atoms with Crippen molar-refractivity contribution in [1.82, 2.24) is 10.5 Å². The second kappa shape index (κ2) is 6.54. The number of aromatic nitrogens is 1. The Labute approximate surface area is 119 Å². The van der Waals surface area contributed by atoms with Gasteiger partial charge in [-0.25, -0.2) is 0 Å². The SMILES string of the molecule is Cc1cc(NC(=O)C(C)(C)C(=O)NCCC(C)C)no1. The Hall–Kier alpha value is -1.85. The van der Waals surface area contributed by atoms with Crippen molar-refractivity contribution in [1.29, 1.82) is 0 Å². The van der Waals surface area contributed by atoms with E-state index in [0.29, 0.717) is 24.0 Å². The van der Waals surface area contributed by atoms with Gasteiger partial charge < -0.3 is 15.2 Å².